The van der Waals surface area contributed by atoms with E-state index in [1.807, 2.05) is 42.5 Å². The first kappa shape index (κ1) is 19.9. The molecule has 0 saturated heterocycles. The Labute approximate surface area is 169 Å². The van der Waals surface area contributed by atoms with Crippen molar-refractivity contribution in [3.63, 3.8) is 0 Å². The first-order valence-corrected chi connectivity index (χ1v) is 8.96. The molecule has 0 aliphatic rings. The average Bonchev–Trinajstić information content (AvgIpc) is 2.76. The van der Waals surface area contributed by atoms with Crippen LogP contribution >= 0.6 is 0 Å². The van der Waals surface area contributed by atoms with E-state index in [4.69, 9.17) is 14.2 Å². The normalized spacial score (nSPS) is 11.0. The van der Waals surface area contributed by atoms with Crippen LogP contribution in [0.3, 0.4) is 0 Å². The highest BCUT2D eigenvalue weighted by atomic mass is 16.5. The molecule has 1 aromatic heterocycles. The zero-order valence-corrected chi connectivity index (χ0v) is 15.9. The quantitative estimate of drug-likeness (QED) is 0.433. The molecule has 0 unspecified atom stereocenters. The van der Waals surface area contributed by atoms with Gasteiger partial charge >= 0.3 is 5.97 Å². The molecule has 0 aliphatic heterocycles. The molecule has 0 aliphatic carbocycles. The first-order valence-electron chi connectivity index (χ1n) is 8.96. The predicted molar refractivity (Wildman–Crippen MR) is 108 cm³/mol. The lowest BCUT2D eigenvalue weighted by atomic mass is 10.0. The molecular weight excluding hydrogens is 370 g/mol. The Morgan fingerprint density at radius 1 is 0.966 bits per heavy atom. The second-order valence-corrected chi connectivity index (χ2v) is 6.14. The number of ether oxygens (including phenoxy) is 3. The monoisotopic (exact) mass is 391 g/mol. The molecule has 3 aromatic rings. The van der Waals surface area contributed by atoms with Gasteiger partial charge in [0.15, 0.2) is 0 Å². The fourth-order valence-electron chi connectivity index (χ4n) is 2.72. The van der Waals surface area contributed by atoms with Crippen molar-refractivity contribution in [3.8, 4) is 11.5 Å². The Bertz CT molecular complexity index is 985. The summed E-state index contributed by atoms with van der Waals surface area (Å²) in [6.45, 7) is 0.636. The number of hydrogen-bond acceptors (Lipinski definition) is 5. The summed E-state index contributed by atoms with van der Waals surface area (Å²) in [4.78, 5) is 15.5. The fraction of sp³-hybridized carbons (Fsp3) is 0.130. The highest BCUT2D eigenvalue weighted by Crippen LogP contribution is 2.24. The topological polar surface area (TPSA) is 77.9 Å². The largest absolute Gasteiger partial charge is 0.503 e. The molecule has 29 heavy (non-hydrogen) atoms. The smallest absolute Gasteiger partial charge is 0.339 e. The molecular formula is C23H21NO5. The molecule has 6 heteroatoms. The summed E-state index contributed by atoms with van der Waals surface area (Å²) in [5, 5.41) is 9.45. The minimum atomic E-state index is -1.06. The first-order chi connectivity index (χ1) is 14.2. The fourth-order valence-corrected chi connectivity index (χ4v) is 2.72. The van der Waals surface area contributed by atoms with E-state index in [2.05, 4.69) is 4.98 Å². The van der Waals surface area contributed by atoms with Crippen molar-refractivity contribution in [3.05, 3.63) is 96.0 Å². The van der Waals surface area contributed by atoms with Crippen molar-refractivity contribution in [2.45, 2.75) is 13.2 Å². The van der Waals surface area contributed by atoms with E-state index in [-0.39, 0.29) is 12.2 Å². The number of hydrogen-bond donors (Lipinski definition) is 1. The summed E-state index contributed by atoms with van der Waals surface area (Å²) in [5.74, 6) is 0.239. The molecule has 148 valence electrons. The number of benzene rings is 2. The zero-order chi connectivity index (χ0) is 20.5. The van der Waals surface area contributed by atoms with Crippen LogP contribution in [0.1, 0.15) is 16.7 Å². The Morgan fingerprint density at radius 2 is 1.66 bits per heavy atom. The van der Waals surface area contributed by atoms with Gasteiger partial charge in [-0.2, -0.15) is 0 Å². The molecule has 0 radical (unpaired) electrons. The number of carboxylic acids is 1. The number of pyridine rings is 1. The zero-order valence-electron chi connectivity index (χ0n) is 15.9. The lowest BCUT2D eigenvalue weighted by molar-refractivity contribution is -0.130. The number of methoxy groups -OCH3 is 1. The summed E-state index contributed by atoms with van der Waals surface area (Å²) in [5.41, 5.74) is 2.38. The Morgan fingerprint density at radius 3 is 2.34 bits per heavy atom. The highest BCUT2D eigenvalue weighted by molar-refractivity contribution is 6.15. The van der Waals surface area contributed by atoms with Gasteiger partial charge in [0.05, 0.1) is 13.4 Å². The van der Waals surface area contributed by atoms with Gasteiger partial charge in [0.1, 0.15) is 30.3 Å². The molecule has 0 amide bonds. The van der Waals surface area contributed by atoms with E-state index in [0.29, 0.717) is 23.7 Å². The van der Waals surface area contributed by atoms with Gasteiger partial charge in [0, 0.05) is 18.5 Å². The second-order valence-electron chi connectivity index (χ2n) is 6.14. The van der Waals surface area contributed by atoms with Gasteiger partial charge in [0.2, 0.25) is 0 Å². The van der Waals surface area contributed by atoms with Gasteiger partial charge in [-0.1, -0.05) is 30.3 Å². The molecule has 0 bridgehead atoms. The molecule has 0 fully saturated rings. The second kappa shape index (κ2) is 9.94. The summed E-state index contributed by atoms with van der Waals surface area (Å²) in [6, 6.07) is 18.3. The van der Waals surface area contributed by atoms with Gasteiger partial charge in [-0.3, -0.25) is 4.98 Å². The van der Waals surface area contributed by atoms with Crippen LogP contribution in [0.5, 0.6) is 11.5 Å². The number of aromatic nitrogens is 1. The number of aliphatic carboxylic acids is 1. The van der Waals surface area contributed by atoms with E-state index in [1.165, 1.54) is 13.4 Å². The third-order valence-corrected chi connectivity index (χ3v) is 4.13. The minimum absolute atomic E-state index is 0.0705. The molecule has 0 saturated carbocycles. The third kappa shape index (κ3) is 5.59. The Balaban J connectivity index is 1.69. The molecule has 0 spiro atoms. The maximum Gasteiger partial charge on any atom is 0.339 e. The van der Waals surface area contributed by atoms with Crippen LogP contribution in [-0.2, 0) is 22.7 Å². The molecule has 1 N–H and O–H groups in total. The van der Waals surface area contributed by atoms with E-state index in [0.717, 1.165) is 11.1 Å². The van der Waals surface area contributed by atoms with Crippen molar-refractivity contribution in [1.82, 2.24) is 4.98 Å². The predicted octanol–water partition coefficient (Wildman–Crippen LogP) is 4.31. The number of nitrogens with zero attached hydrogens (tertiary/aromatic N) is 1. The van der Waals surface area contributed by atoms with Crippen LogP contribution in [0, 0.1) is 0 Å². The lowest BCUT2D eigenvalue weighted by Crippen LogP contribution is -2.06. The third-order valence-electron chi connectivity index (χ3n) is 4.13. The Hall–Kier alpha value is -3.80. The molecule has 3 rings (SSSR count). The van der Waals surface area contributed by atoms with Crippen LogP contribution < -0.4 is 9.47 Å². The van der Waals surface area contributed by atoms with Gasteiger partial charge in [0.25, 0.3) is 0 Å². The highest BCUT2D eigenvalue weighted by Gasteiger charge is 2.15. The average molecular weight is 391 g/mol. The maximum atomic E-state index is 11.5. The number of carboxylic acid groups (broad SMARTS) is 1. The van der Waals surface area contributed by atoms with E-state index < -0.39 is 5.97 Å². The SMILES string of the molecule is COC=C(C(=O)O)c1ccccc1COc1cccc(OCc2ccncc2)c1. The number of rotatable bonds is 9. The summed E-state index contributed by atoms with van der Waals surface area (Å²) in [6.07, 6.45) is 4.66. The summed E-state index contributed by atoms with van der Waals surface area (Å²) >= 11 is 0. The lowest BCUT2D eigenvalue weighted by Gasteiger charge is -2.13. The van der Waals surface area contributed by atoms with Crippen molar-refractivity contribution in [1.29, 1.82) is 0 Å². The van der Waals surface area contributed by atoms with E-state index >= 15 is 0 Å². The van der Waals surface area contributed by atoms with Gasteiger partial charge in [-0.15, -0.1) is 0 Å². The van der Waals surface area contributed by atoms with E-state index in [9.17, 15) is 9.90 Å². The van der Waals surface area contributed by atoms with E-state index in [1.54, 1.807) is 30.6 Å². The van der Waals surface area contributed by atoms with Gasteiger partial charge < -0.3 is 19.3 Å². The van der Waals surface area contributed by atoms with Crippen molar-refractivity contribution < 1.29 is 24.1 Å². The van der Waals surface area contributed by atoms with Crippen LogP contribution in [-0.4, -0.2) is 23.2 Å². The van der Waals surface area contributed by atoms with Crippen LogP contribution in [0.2, 0.25) is 0 Å². The maximum absolute atomic E-state index is 11.5. The number of carbonyl (C=O) groups is 1. The van der Waals surface area contributed by atoms with Crippen molar-refractivity contribution in [2.75, 3.05) is 7.11 Å². The van der Waals surface area contributed by atoms with Crippen LogP contribution in [0.25, 0.3) is 5.57 Å². The minimum Gasteiger partial charge on any atom is -0.503 e. The van der Waals surface area contributed by atoms with Crippen molar-refractivity contribution in [2.24, 2.45) is 0 Å². The molecule has 6 nitrogen and oxygen atoms in total. The Kier molecular flexibility index (Phi) is 6.84. The molecule has 2 aromatic carbocycles. The summed E-state index contributed by atoms with van der Waals surface area (Å²) in [7, 11) is 1.42. The van der Waals surface area contributed by atoms with Gasteiger partial charge in [-0.25, -0.2) is 4.79 Å². The molecule has 0 atom stereocenters. The van der Waals surface area contributed by atoms with Crippen LogP contribution in [0.4, 0.5) is 0 Å². The summed E-state index contributed by atoms with van der Waals surface area (Å²) < 4.78 is 16.6. The molecule has 1 heterocycles. The van der Waals surface area contributed by atoms with Gasteiger partial charge in [-0.05, 0) is 41.0 Å². The van der Waals surface area contributed by atoms with Crippen molar-refractivity contribution >= 4 is 11.5 Å². The van der Waals surface area contributed by atoms with Crippen LogP contribution in [0.15, 0.2) is 79.3 Å². The standard InChI is InChI=1S/C23H21NO5/c1-27-16-22(23(25)26)21-8-3-2-5-18(21)15-29-20-7-4-6-19(13-20)28-14-17-9-11-24-12-10-17/h2-13,16H,14-15H2,1H3,(H,25,26).